The Morgan fingerprint density at radius 1 is 1.00 bits per heavy atom. The Kier molecular flexibility index (Phi) is 7.06. The van der Waals surface area contributed by atoms with Crippen LogP contribution >= 0.6 is 0 Å². The fourth-order valence-electron chi connectivity index (χ4n) is 2.70. The quantitative estimate of drug-likeness (QED) is 0.593. The topological polar surface area (TPSA) is 32.3 Å². The van der Waals surface area contributed by atoms with E-state index in [-0.39, 0.29) is 5.54 Å². The number of aliphatic hydroxyl groups excluding tert-OH is 1. The summed E-state index contributed by atoms with van der Waals surface area (Å²) < 4.78 is 0. The number of rotatable bonds is 9. The van der Waals surface area contributed by atoms with E-state index in [4.69, 9.17) is 0 Å². The highest BCUT2D eigenvalue weighted by Crippen LogP contribution is 2.28. The highest BCUT2D eigenvalue weighted by molar-refractivity contribution is 4.91. The Balaban J connectivity index is 1.97. The van der Waals surface area contributed by atoms with Crippen LogP contribution in [0.1, 0.15) is 71.1 Å². The van der Waals surface area contributed by atoms with Gasteiger partial charge in [0.1, 0.15) is 0 Å². The van der Waals surface area contributed by atoms with Gasteiger partial charge in [0.15, 0.2) is 0 Å². The monoisotopic (exact) mass is 227 g/mol. The minimum atomic E-state index is 0.0867. The van der Waals surface area contributed by atoms with Gasteiger partial charge in [0.25, 0.3) is 0 Å². The number of unbranched alkanes of at least 4 members (excludes halogenated alkanes) is 5. The van der Waals surface area contributed by atoms with Crippen molar-refractivity contribution < 1.29 is 5.11 Å². The maximum Gasteiger partial charge on any atom is 0.0613 e. The maximum absolute atomic E-state index is 9.43. The fraction of sp³-hybridized carbons (Fsp3) is 1.00. The van der Waals surface area contributed by atoms with Crippen LogP contribution < -0.4 is 5.32 Å². The summed E-state index contributed by atoms with van der Waals surface area (Å²) in [5.74, 6) is 0. The molecule has 16 heavy (non-hydrogen) atoms. The molecule has 1 rings (SSSR count). The van der Waals surface area contributed by atoms with Crippen LogP contribution in [0, 0.1) is 0 Å². The van der Waals surface area contributed by atoms with Crippen LogP contribution in [0.25, 0.3) is 0 Å². The summed E-state index contributed by atoms with van der Waals surface area (Å²) in [6, 6.07) is 0. The first-order valence-corrected chi connectivity index (χ1v) is 7.19. The molecule has 1 fully saturated rings. The summed E-state index contributed by atoms with van der Waals surface area (Å²) in [7, 11) is 0. The van der Waals surface area contributed by atoms with Gasteiger partial charge in [0, 0.05) is 5.54 Å². The molecular formula is C14H29NO. The molecule has 0 saturated heterocycles. The second-order valence-corrected chi connectivity index (χ2v) is 5.34. The molecule has 2 nitrogen and oxygen atoms in total. The third kappa shape index (κ3) is 4.84. The second-order valence-electron chi connectivity index (χ2n) is 5.34. The summed E-state index contributed by atoms with van der Waals surface area (Å²) in [6.45, 7) is 3.67. The van der Waals surface area contributed by atoms with Gasteiger partial charge < -0.3 is 10.4 Å². The van der Waals surface area contributed by atoms with E-state index >= 15 is 0 Å². The highest BCUT2D eigenvalue weighted by Gasteiger charge is 2.31. The van der Waals surface area contributed by atoms with Crippen LogP contribution in [0.2, 0.25) is 0 Å². The Bertz CT molecular complexity index is 164. The van der Waals surface area contributed by atoms with Crippen LogP contribution in [0.5, 0.6) is 0 Å². The van der Waals surface area contributed by atoms with E-state index < -0.39 is 0 Å². The van der Waals surface area contributed by atoms with E-state index in [1.165, 1.54) is 64.2 Å². The number of aliphatic hydroxyl groups is 1. The highest BCUT2D eigenvalue weighted by atomic mass is 16.3. The zero-order valence-corrected chi connectivity index (χ0v) is 10.9. The van der Waals surface area contributed by atoms with Crippen molar-refractivity contribution in [2.45, 2.75) is 76.7 Å². The molecule has 0 spiro atoms. The van der Waals surface area contributed by atoms with Gasteiger partial charge in [0.2, 0.25) is 0 Å². The predicted octanol–water partition coefficient (Wildman–Crippen LogP) is 3.24. The lowest BCUT2D eigenvalue weighted by atomic mass is 9.98. The molecule has 0 bridgehead atoms. The molecule has 1 aliphatic carbocycles. The average molecular weight is 227 g/mol. The van der Waals surface area contributed by atoms with Crippen molar-refractivity contribution in [2.24, 2.45) is 0 Å². The first-order valence-electron chi connectivity index (χ1n) is 7.19. The van der Waals surface area contributed by atoms with Gasteiger partial charge in [-0.1, -0.05) is 51.9 Å². The smallest absolute Gasteiger partial charge is 0.0613 e. The number of nitrogens with one attached hydrogen (secondary N) is 1. The predicted molar refractivity (Wildman–Crippen MR) is 69.7 cm³/mol. The van der Waals surface area contributed by atoms with Crippen molar-refractivity contribution >= 4 is 0 Å². The van der Waals surface area contributed by atoms with Crippen molar-refractivity contribution in [3.8, 4) is 0 Å². The van der Waals surface area contributed by atoms with E-state index in [1.54, 1.807) is 0 Å². The number of hydrogen-bond acceptors (Lipinski definition) is 2. The van der Waals surface area contributed by atoms with Crippen molar-refractivity contribution in [2.75, 3.05) is 13.2 Å². The van der Waals surface area contributed by atoms with Crippen LogP contribution in [0.15, 0.2) is 0 Å². The zero-order chi connectivity index (χ0) is 11.7. The molecular weight excluding hydrogens is 198 g/mol. The lowest BCUT2D eigenvalue weighted by molar-refractivity contribution is 0.164. The van der Waals surface area contributed by atoms with Gasteiger partial charge >= 0.3 is 0 Å². The van der Waals surface area contributed by atoms with Crippen LogP contribution in [-0.4, -0.2) is 23.8 Å². The van der Waals surface area contributed by atoms with Gasteiger partial charge in [-0.2, -0.15) is 0 Å². The largest absolute Gasteiger partial charge is 0.394 e. The van der Waals surface area contributed by atoms with Gasteiger partial charge in [-0.05, 0) is 25.8 Å². The molecule has 0 atom stereocenters. The standard InChI is InChI=1S/C14H29NO/c1-2-3-4-5-6-9-12-15-14(13-16)10-7-8-11-14/h15-16H,2-13H2,1H3. The van der Waals surface area contributed by atoms with E-state index in [2.05, 4.69) is 12.2 Å². The molecule has 0 heterocycles. The molecule has 0 aliphatic heterocycles. The summed E-state index contributed by atoms with van der Waals surface area (Å²) in [5.41, 5.74) is 0.0867. The van der Waals surface area contributed by atoms with Crippen molar-refractivity contribution in [3.05, 3.63) is 0 Å². The van der Waals surface area contributed by atoms with E-state index in [0.29, 0.717) is 6.61 Å². The van der Waals surface area contributed by atoms with Crippen LogP contribution in [0.3, 0.4) is 0 Å². The summed E-state index contributed by atoms with van der Waals surface area (Å²) in [6.07, 6.45) is 13.0. The molecule has 0 unspecified atom stereocenters. The normalized spacial score (nSPS) is 19.1. The van der Waals surface area contributed by atoms with Gasteiger partial charge in [-0.15, -0.1) is 0 Å². The van der Waals surface area contributed by atoms with Crippen LogP contribution in [0.4, 0.5) is 0 Å². The lowest BCUT2D eigenvalue weighted by Crippen LogP contribution is -2.46. The molecule has 0 aromatic heterocycles. The number of hydrogen-bond donors (Lipinski definition) is 2. The molecule has 0 radical (unpaired) electrons. The van der Waals surface area contributed by atoms with Gasteiger partial charge in [-0.25, -0.2) is 0 Å². The van der Waals surface area contributed by atoms with Crippen molar-refractivity contribution in [1.82, 2.24) is 5.32 Å². The summed E-state index contributed by atoms with van der Waals surface area (Å²) in [4.78, 5) is 0. The molecule has 2 heteroatoms. The molecule has 2 N–H and O–H groups in total. The van der Waals surface area contributed by atoms with Crippen LogP contribution in [-0.2, 0) is 0 Å². The SMILES string of the molecule is CCCCCCCCNC1(CO)CCCC1. The first kappa shape index (κ1) is 14.0. The Morgan fingerprint density at radius 2 is 1.62 bits per heavy atom. The molecule has 0 aromatic carbocycles. The van der Waals surface area contributed by atoms with E-state index in [0.717, 1.165) is 6.54 Å². The van der Waals surface area contributed by atoms with E-state index in [9.17, 15) is 5.11 Å². The summed E-state index contributed by atoms with van der Waals surface area (Å²) >= 11 is 0. The second kappa shape index (κ2) is 8.08. The molecule has 0 aromatic rings. The Labute approximate surface area is 101 Å². The third-order valence-corrected chi connectivity index (χ3v) is 3.89. The first-order chi connectivity index (χ1) is 7.83. The molecule has 0 amide bonds. The minimum Gasteiger partial charge on any atom is -0.394 e. The van der Waals surface area contributed by atoms with Gasteiger partial charge in [-0.3, -0.25) is 0 Å². The molecule has 1 saturated carbocycles. The Hall–Kier alpha value is -0.0800. The zero-order valence-electron chi connectivity index (χ0n) is 10.9. The van der Waals surface area contributed by atoms with Crippen molar-refractivity contribution in [3.63, 3.8) is 0 Å². The average Bonchev–Trinajstić information content (AvgIpc) is 2.77. The van der Waals surface area contributed by atoms with Gasteiger partial charge in [0.05, 0.1) is 6.61 Å². The fourth-order valence-corrected chi connectivity index (χ4v) is 2.70. The maximum atomic E-state index is 9.43. The summed E-state index contributed by atoms with van der Waals surface area (Å²) in [5, 5.41) is 13.0. The minimum absolute atomic E-state index is 0.0867. The molecule has 96 valence electrons. The Morgan fingerprint density at radius 3 is 2.25 bits per heavy atom. The van der Waals surface area contributed by atoms with Crippen molar-refractivity contribution in [1.29, 1.82) is 0 Å². The lowest BCUT2D eigenvalue weighted by Gasteiger charge is -2.28. The third-order valence-electron chi connectivity index (χ3n) is 3.89. The molecule has 1 aliphatic rings. The van der Waals surface area contributed by atoms with E-state index in [1.807, 2.05) is 0 Å².